The third kappa shape index (κ3) is 3.92. The Labute approximate surface area is 130 Å². The smallest absolute Gasteiger partial charge is 0.273 e. The number of carbonyl (C=O) groups excluding carboxylic acids is 1. The second-order valence-corrected chi connectivity index (χ2v) is 7.34. The molecular weight excluding hydrogens is 306 g/mol. The molecule has 1 aromatic rings. The van der Waals surface area contributed by atoms with Crippen LogP contribution < -0.4 is 11.1 Å². The van der Waals surface area contributed by atoms with Gasteiger partial charge in [0, 0.05) is 31.5 Å². The monoisotopic (exact) mass is 327 g/mol. The molecule has 0 bridgehead atoms. The van der Waals surface area contributed by atoms with Gasteiger partial charge in [0.1, 0.15) is 0 Å². The molecule has 9 heteroatoms. The first-order valence-electron chi connectivity index (χ1n) is 7.29. The maximum atomic E-state index is 12.1. The molecule has 2 rings (SSSR count). The Bertz CT molecular complexity index is 626. The quantitative estimate of drug-likeness (QED) is 0.785. The summed E-state index contributed by atoms with van der Waals surface area (Å²) in [6.07, 6.45) is 4.59. The van der Waals surface area contributed by atoms with Crippen molar-refractivity contribution >= 4 is 21.7 Å². The highest BCUT2D eigenvalue weighted by molar-refractivity contribution is 7.89. The Morgan fingerprint density at radius 3 is 2.59 bits per heavy atom. The third-order valence-electron chi connectivity index (χ3n) is 3.59. The molecule has 0 atom stereocenters. The standard InChI is InChI=1S/C13H21N5O3S/c1-2-9-22(20,21)18-7-3-10(4-8-18)17-13(19)11-12(14)16-6-5-15-11/h5-6,10H,2-4,7-9H2,1H3,(H2,14,16)(H,17,19). The second kappa shape index (κ2) is 7.01. The van der Waals surface area contributed by atoms with Crippen molar-refractivity contribution in [3.05, 3.63) is 18.1 Å². The molecule has 3 N–H and O–H groups in total. The lowest BCUT2D eigenvalue weighted by molar-refractivity contribution is 0.0919. The van der Waals surface area contributed by atoms with Crippen LogP contribution in [-0.2, 0) is 10.0 Å². The number of hydrogen-bond donors (Lipinski definition) is 2. The van der Waals surface area contributed by atoms with Crippen LogP contribution in [0.1, 0.15) is 36.7 Å². The predicted molar refractivity (Wildman–Crippen MR) is 82.6 cm³/mol. The summed E-state index contributed by atoms with van der Waals surface area (Å²) in [7, 11) is -3.17. The van der Waals surface area contributed by atoms with Gasteiger partial charge in [0.25, 0.3) is 5.91 Å². The number of nitrogens with one attached hydrogen (secondary N) is 1. The minimum Gasteiger partial charge on any atom is -0.382 e. The second-order valence-electron chi connectivity index (χ2n) is 5.25. The summed E-state index contributed by atoms with van der Waals surface area (Å²) >= 11 is 0. The summed E-state index contributed by atoms with van der Waals surface area (Å²) in [5.74, 6) is -0.122. The van der Waals surface area contributed by atoms with Gasteiger partial charge in [-0.3, -0.25) is 4.79 Å². The molecule has 1 fully saturated rings. The van der Waals surface area contributed by atoms with E-state index in [2.05, 4.69) is 15.3 Å². The van der Waals surface area contributed by atoms with Crippen molar-refractivity contribution in [1.82, 2.24) is 19.6 Å². The van der Waals surface area contributed by atoms with Crippen LogP contribution in [0, 0.1) is 0 Å². The average Bonchev–Trinajstić information content (AvgIpc) is 2.48. The van der Waals surface area contributed by atoms with E-state index in [4.69, 9.17) is 5.73 Å². The van der Waals surface area contributed by atoms with Gasteiger partial charge < -0.3 is 11.1 Å². The number of aromatic nitrogens is 2. The van der Waals surface area contributed by atoms with Crippen LogP contribution in [0.5, 0.6) is 0 Å². The highest BCUT2D eigenvalue weighted by Crippen LogP contribution is 2.16. The Hall–Kier alpha value is -1.74. The largest absolute Gasteiger partial charge is 0.382 e. The van der Waals surface area contributed by atoms with Crippen LogP contribution in [0.15, 0.2) is 12.4 Å². The highest BCUT2D eigenvalue weighted by atomic mass is 32.2. The number of nitrogens with zero attached hydrogens (tertiary/aromatic N) is 3. The third-order valence-corrected chi connectivity index (χ3v) is 5.66. The first-order valence-corrected chi connectivity index (χ1v) is 8.90. The van der Waals surface area contributed by atoms with E-state index in [-0.39, 0.29) is 29.2 Å². The maximum Gasteiger partial charge on any atom is 0.273 e. The van der Waals surface area contributed by atoms with Gasteiger partial charge in [-0.1, -0.05) is 6.92 Å². The molecule has 1 saturated heterocycles. The Morgan fingerprint density at radius 1 is 1.36 bits per heavy atom. The van der Waals surface area contributed by atoms with Crippen molar-refractivity contribution in [2.75, 3.05) is 24.6 Å². The molecule has 122 valence electrons. The molecule has 1 aromatic heterocycles. The number of anilines is 1. The zero-order valence-electron chi connectivity index (χ0n) is 12.5. The molecule has 1 aliphatic heterocycles. The number of sulfonamides is 1. The van der Waals surface area contributed by atoms with E-state index in [1.807, 2.05) is 6.92 Å². The van der Waals surface area contributed by atoms with Gasteiger partial charge >= 0.3 is 0 Å². The first-order chi connectivity index (χ1) is 10.4. The molecule has 1 amide bonds. The topological polar surface area (TPSA) is 118 Å². The Kier molecular flexibility index (Phi) is 5.30. The van der Waals surface area contributed by atoms with Crippen molar-refractivity contribution < 1.29 is 13.2 Å². The van der Waals surface area contributed by atoms with Gasteiger partial charge in [-0.2, -0.15) is 0 Å². The van der Waals surface area contributed by atoms with Gasteiger partial charge in [0.05, 0.1) is 5.75 Å². The van der Waals surface area contributed by atoms with Crippen LogP contribution >= 0.6 is 0 Å². The van der Waals surface area contributed by atoms with Gasteiger partial charge in [-0.25, -0.2) is 22.7 Å². The number of nitrogens with two attached hydrogens (primary N) is 1. The lowest BCUT2D eigenvalue weighted by Gasteiger charge is -2.31. The number of hydrogen-bond acceptors (Lipinski definition) is 6. The summed E-state index contributed by atoms with van der Waals surface area (Å²) in [5, 5.41) is 2.84. The fourth-order valence-electron chi connectivity index (χ4n) is 2.44. The van der Waals surface area contributed by atoms with E-state index < -0.39 is 10.0 Å². The molecule has 22 heavy (non-hydrogen) atoms. The van der Waals surface area contributed by atoms with Gasteiger partial charge in [-0.15, -0.1) is 0 Å². The molecule has 0 unspecified atom stereocenters. The molecular formula is C13H21N5O3S. The molecule has 0 aromatic carbocycles. The summed E-state index contributed by atoms with van der Waals surface area (Å²) < 4.78 is 25.5. The number of carbonyl (C=O) groups is 1. The zero-order valence-corrected chi connectivity index (χ0v) is 13.3. The van der Waals surface area contributed by atoms with Crippen LogP contribution in [-0.4, -0.2) is 53.5 Å². The van der Waals surface area contributed by atoms with Crippen LogP contribution in [0.2, 0.25) is 0 Å². The minimum atomic E-state index is -3.17. The van der Waals surface area contributed by atoms with E-state index in [0.717, 1.165) is 0 Å². The highest BCUT2D eigenvalue weighted by Gasteiger charge is 2.28. The summed E-state index contributed by atoms with van der Waals surface area (Å²) in [6.45, 7) is 2.68. The number of piperidine rings is 1. The molecule has 2 heterocycles. The van der Waals surface area contributed by atoms with Crippen molar-refractivity contribution in [3.63, 3.8) is 0 Å². The minimum absolute atomic E-state index is 0.0815. The normalized spacial score (nSPS) is 17.3. The number of nitrogen functional groups attached to an aromatic ring is 1. The maximum absolute atomic E-state index is 12.1. The van der Waals surface area contributed by atoms with Crippen molar-refractivity contribution in [1.29, 1.82) is 0 Å². The molecule has 0 aliphatic carbocycles. The van der Waals surface area contributed by atoms with Crippen molar-refractivity contribution in [3.8, 4) is 0 Å². The summed E-state index contributed by atoms with van der Waals surface area (Å²) in [4.78, 5) is 19.8. The lowest BCUT2D eigenvalue weighted by atomic mass is 10.1. The fourth-order valence-corrected chi connectivity index (χ4v) is 3.98. The van der Waals surface area contributed by atoms with E-state index in [1.165, 1.54) is 16.7 Å². The SMILES string of the molecule is CCCS(=O)(=O)N1CCC(NC(=O)c2nccnc2N)CC1. The molecule has 8 nitrogen and oxygen atoms in total. The van der Waals surface area contributed by atoms with Crippen molar-refractivity contribution in [2.24, 2.45) is 0 Å². The summed E-state index contributed by atoms with van der Waals surface area (Å²) in [5.41, 5.74) is 5.72. The van der Waals surface area contributed by atoms with Crippen LogP contribution in [0.3, 0.4) is 0 Å². The molecule has 1 aliphatic rings. The molecule has 0 saturated carbocycles. The van der Waals surface area contributed by atoms with E-state index in [9.17, 15) is 13.2 Å². The van der Waals surface area contributed by atoms with Gasteiger partial charge in [0.15, 0.2) is 11.5 Å². The van der Waals surface area contributed by atoms with E-state index in [1.54, 1.807) is 0 Å². The van der Waals surface area contributed by atoms with E-state index in [0.29, 0.717) is 32.4 Å². The molecule has 0 spiro atoms. The molecule has 0 radical (unpaired) electrons. The first kappa shape index (κ1) is 16.6. The average molecular weight is 327 g/mol. The van der Waals surface area contributed by atoms with Crippen LogP contribution in [0.25, 0.3) is 0 Å². The predicted octanol–water partition coefficient (Wildman–Crippen LogP) is -0.00720. The Morgan fingerprint density at radius 2 is 2.00 bits per heavy atom. The van der Waals surface area contributed by atoms with Crippen molar-refractivity contribution in [2.45, 2.75) is 32.2 Å². The summed E-state index contributed by atoms with van der Waals surface area (Å²) in [6, 6.07) is -0.0815. The fraction of sp³-hybridized carbons (Fsp3) is 0.615. The van der Waals surface area contributed by atoms with Gasteiger partial charge in [-0.05, 0) is 19.3 Å². The van der Waals surface area contributed by atoms with E-state index >= 15 is 0 Å². The number of amides is 1. The zero-order chi connectivity index (χ0) is 16.2. The van der Waals surface area contributed by atoms with Crippen LogP contribution in [0.4, 0.5) is 5.82 Å². The lowest BCUT2D eigenvalue weighted by Crippen LogP contribution is -2.47. The Balaban J connectivity index is 1.90. The number of rotatable bonds is 5. The van der Waals surface area contributed by atoms with Gasteiger partial charge in [0.2, 0.25) is 10.0 Å².